The van der Waals surface area contributed by atoms with E-state index in [0.29, 0.717) is 69.4 Å². The summed E-state index contributed by atoms with van der Waals surface area (Å²) in [5.74, 6) is 3.22. The van der Waals surface area contributed by atoms with E-state index in [1.807, 2.05) is 72.8 Å². The zero-order chi connectivity index (χ0) is 86.7. The fourth-order valence-corrected chi connectivity index (χ4v) is 20.4. The summed E-state index contributed by atoms with van der Waals surface area (Å²) in [6.45, 7) is 30.1. The van der Waals surface area contributed by atoms with E-state index in [9.17, 15) is 18.1 Å². The van der Waals surface area contributed by atoms with Crippen molar-refractivity contribution >= 4 is 159 Å². The molecule has 27 nitrogen and oxygen atoms in total. The lowest BCUT2D eigenvalue weighted by Crippen LogP contribution is -2.52. The number of methoxy groups -OCH3 is 3. The van der Waals surface area contributed by atoms with Crippen LogP contribution in [0, 0.1) is 5.82 Å². The van der Waals surface area contributed by atoms with Crippen molar-refractivity contribution in [3.8, 4) is 17.2 Å². The van der Waals surface area contributed by atoms with Crippen LogP contribution < -0.4 is 76.7 Å². The van der Waals surface area contributed by atoms with Gasteiger partial charge in [0, 0.05) is 186 Å². The van der Waals surface area contributed by atoms with Gasteiger partial charge in [-0.25, -0.2) is 24.3 Å². The first-order valence-electron chi connectivity index (χ1n) is 41.8. The summed E-state index contributed by atoms with van der Waals surface area (Å²) in [6.07, 6.45) is 14.2. The third-order valence-corrected chi connectivity index (χ3v) is 28.6. The highest BCUT2D eigenvalue weighted by molar-refractivity contribution is 7.71. The van der Waals surface area contributed by atoms with Gasteiger partial charge in [0.25, 0.3) is 0 Å². The predicted molar refractivity (Wildman–Crippen MR) is 508 cm³/mol. The Balaban J connectivity index is 0.000000167. The average molecular weight is 1790 g/mol. The Hall–Kier alpha value is -8.59. The largest absolute Gasteiger partial charge is 0.494 e. The number of anilines is 13. The van der Waals surface area contributed by atoms with Crippen LogP contribution in [0.2, 0.25) is 10.0 Å². The second kappa shape index (κ2) is 43.3. The monoisotopic (exact) mass is 1780 g/mol. The molecule has 6 aliphatic rings. The molecule has 8 aromatic rings. The third-order valence-electron chi connectivity index (χ3n) is 23.3. The number of aromatic nitrogens is 4. The standard InChI is InChI=1S/C30H41ClN7O2P.C29H38ClFN7O2P.C29H41ClN7O2P/c1-36-14-7-15-37(19-18-36)22-12-16-38(17-13-22)23-10-11-25(27(20-23)40-2)34-30-32-21-24(31)29(35-30)33-26-8-5-6-9-28(26)41(3,4)39;1-36-14-16-38(17-15-36)20-10-12-37(13-11-20)21-8-9-24(26(18-21)40-2)34-29-32-19-22(30)28(35-29)33-25-7-5-6-23(31)27(25)41(3,4)39;1-35-17-19-37(20-18-35)23-11-15-36(16-12-23)24-9-10-25(27(21-24)39-2)34-29(31-14-13-30)33-22-32-26-7-5-6-8-28(26)40(3,4)38/h5-6,8-11,20-22H,7,12-19H2,1-4H3,(H2,32,33,34,35);5-9,18-20H,10-17H2,1-4H3,(H2,32,33,34,35);5-10,13-14,21-23H,11-12,15-20H2,1-4H3,(H2,31,32,33,34)/b;;14-13+. The van der Waals surface area contributed by atoms with Crippen molar-refractivity contribution in [1.82, 2.24) is 49.3 Å². The maximum atomic E-state index is 14.6. The Bertz CT molecular complexity index is 5060. The van der Waals surface area contributed by atoms with Crippen molar-refractivity contribution in [2.24, 2.45) is 9.98 Å². The van der Waals surface area contributed by atoms with Gasteiger partial charge in [0.1, 0.15) is 54.5 Å². The van der Waals surface area contributed by atoms with E-state index in [1.165, 1.54) is 108 Å². The highest BCUT2D eigenvalue weighted by atomic mass is 35.5. The quantitative estimate of drug-likeness (QED) is 0.0187. The molecular weight excluding hydrogens is 1670 g/mol. The van der Waals surface area contributed by atoms with Gasteiger partial charge in [0.05, 0.1) is 73.8 Å². The fraction of sp³-hybridized carbons (Fsp3) is 0.455. The van der Waals surface area contributed by atoms with Gasteiger partial charge in [-0.3, -0.25) is 14.7 Å². The summed E-state index contributed by atoms with van der Waals surface area (Å²) in [5, 5.41) is 21.4. The smallest absolute Gasteiger partial charge is 0.229 e. The minimum atomic E-state index is -2.92. The average Bonchev–Trinajstić information content (AvgIpc) is 0.809. The number of para-hydroxylation sites is 2. The van der Waals surface area contributed by atoms with Gasteiger partial charge in [0.2, 0.25) is 17.9 Å². The molecule has 0 aliphatic carbocycles. The minimum Gasteiger partial charge on any atom is -0.494 e. The Labute approximate surface area is 734 Å². The first-order chi connectivity index (χ1) is 58.6. The highest BCUT2D eigenvalue weighted by Gasteiger charge is 2.32. The van der Waals surface area contributed by atoms with E-state index in [1.54, 1.807) is 66.3 Å². The summed E-state index contributed by atoms with van der Waals surface area (Å²) in [4.78, 5) is 49.1. The number of aliphatic imine (C=N–C) groups is 2. The van der Waals surface area contributed by atoms with Crippen LogP contribution in [-0.2, 0) is 13.7 Å². The van der Waals surface area contributed by atoms with Gasteiger partial charge >= 0.3 is 0 Å². The molecule has 0 radical (unpaired) electrons. The second-order valence-electron chi connectivity index (χ2n) is 32.9. The number of rotatable bonds is 24. The van der Waals surface area contributed by atoms with Crippen molar-refractivity contribution in [3.63, 3.8) is 0 Å². The number of hydrogen-bond donors (Lipinski definition) is 6. The zero-order valence-corrected chi connectivity index (χ0v) is 77.3. The molecule has 6 saturated heterocycles. The lowest BCUT2D eigenvalue weighted by Gasteiger charge is -2.42. The SMILES string of the molecule is COc1cc(N2CCC(N3CCCN(C)CC3)CC2)ccc1Nc1ncc(Cl)c(Nc2ccccc2P(C)(C)=O)n1.COc1cc(N2CCC(N3CCN(C)CC3)CC2)ccc1NC(N=CNc1ccccc1P(C)(C)=O)=N/C=C/Cl.COc1cc(N2CCC(N3CCN(C)CC3)CC2)ccc1Nc1ncc(Cl)c(Nc2cccc(F)c2P(C)(C)=O)n1. The van der Waals surface area contributed by atoms with Crippen LogP contribution >= 0.6 is 56.2 Å². The molecule has 6 fully saturated rings. The molecule has 0 saturated carbocycles. The molecule has 14 rings (SSSR count). The zero-order valence-electron chi connectivity index (χ0n) is 72.4. The normalized spacial score (nSPS) is 17.9. The van der Waals surface area contributed by atoms with Gasteiger partial charge in [-0.15, -0.1) is 0 Å². The van der Waals surface area contributed by atoms with E-state index in [2.05, 4.69) is 157 Å². The van der Waals surface area contributed by atoms with Crippen molar-refractivity contribution in [1.29, 1.82) is 0 Å². The Kier molecular flexibility index (Phi) is 32.9. The molecule has 6 N–H and O–H groups in total. The molecule has 0 atom stereocenters. The van der Waals surface area contributed by atoms with Gasteiger partial charge in [-0.2, -0.15) is 9.97 Å². The van der Waals surface area contributed by atoms with E-state index in [-0.39, 0.29) is 22.1 Å². The number of likely N-dealkylation sites (N-methyl/N-ethyl adjacent to an activating group) is 3. The molecule has 0 bridgehead atoms. The lowest BCUT2D eigenvalue weighted by atomic mass is 10.0. The Morgan fingerprint density at radius 2 is 0.852 bits per heavy atom. The number of guanidine groups is 1. The summed E-state index contributed by atoms with van der Waals surface area (Å²) in [5.41, 5.74) is 8.74. The van der Waals surface area contributed by atoms with Gasteiger partial charge in [-0.05, 0) is 192 Å². The maximum Gasteiger partial charge on any atom is 0.229 e. The molecule has 34 heteroatoms. The van der Waals surface area contributed by atoms with Crippen LogP contribution in [-0.4, -0.2) is 280 Å². The number of piperidine rings is 3. The van der Waals surface area contributed by atoms with Crippen LogP contribution in [0.25, 0.3) is 0 Å². The van der Waals surface area contributed by atoms with Crippen LogP contribution in [0.1, 0.15) is 44.9 Å². The molecule has 122 heavy (non-hydrogen) atoms. The molecule has 0 unspecified atom stereocenters. The molecule has 2 aromatic heterocycles. The van der Waals surface area contributed by atoms with Gasteiger partial charge in [0.15, 0.2) is 11.6 Å². The second-order valence-corrected chi connectivity index (χ2v) is 43.5. The minimum absolute atomic E-state index is 0.119. The van der Waals surface area contributed by atoms with Crippen LogP contribution in [0.3, 0.4) is 0 Å². The van der Waals surface area contributed by atoms with Crippen molar-refractivity contribution in [2.75, 3.05) is 247 Å². The first kappa shape index (κ1) is 92.6. The highest BCUT2D eigenvalue weighted by Crippen LogP contribution is 2.44. The summed E-state index contributed by atoms with van der Waals surface area (Å²) < 4.78 is 70.0. The molecule has 656 valence electrons. The van der Waals surface area contributed by atoms with Crippen LogP contribution in [0.15, 0.2) is 155 Å². The summed E-state index contributed by atoms with van der Waals surface area (Å²) in [6, 6.07) is 39.9. The van der Waals surface area contributed by atoms with E-state index < -0.39 is 27.2 Å². The number of halogens is 4. The van der Waals surface area contributed by atoms with E-state index in [0.717, 1.165) is 148 Å². The number of hydrogen-bond acceptors (Lipinski definition) is 24. The van der Waals surface area contributed by atoms with Crippen molar-refractivity contribution < 1.29 is 32.3 Å². The van der Waals surface area contributed by atoms with Crippen molar-refractivity contribution in [3.05, 3.63) is 161 Å². The molecular formula is C88H120Cl3FN21O6P3. The maximum absolute atomic E-state index is 14.6. The number of ether oxygens (including phenoxy) is 3. The molecule has 0 spiro atoms. The molecule has 0 amide bonds. The fourth-order valence-electron chi connectivity index (χ4n) is 16.5. The van der Waals surface area contributed by atoms with E-state index >= 15 is 0 Å². The topological polar surface area (TPSA) is 257 Å². The number of benzene rings is 6. The predicted octanol–water partition coefficient (Wildman–Crippen LogP) is 15.5. The lowest BCUT2D eigenvalue weighted by molar-refractivity contribution is 0.0982. The first-order valence-corrected chi connectivity index (χ1v) is 50.8. The van der Waals surface area contributed by atoms with Gasteiger partial charge in [-0.1, -0.05) is 65.1 Å². The Morgan fingerprint density at radius 1 is 0.459 bits per heavy atom. The number of piperazine rings is 2. The molecule has 6 aromatic carbocycles. The van der Waals surface area contributed by atoms with Crippen LogP contribution in [0.4, 0.5) is 79.1 Å². The number of nitrogens with zero attached hydrogens (tertiary/aromatic N) is 15. The number of nitrogens with one attached hydrogen (secondary N) is 6. The van der Waals surface area contributed by atoms with Gasteiger partial charge < -0.3 is 89.2 Å². The molecule has 6 aliphatic heterocycles. The van der Waals surface area contributed by atoms with E-state index in [4.69, 9.17) is 49.0 Å². The summed E-state index contributed by atoms with van der Waals surface area (Å²) in [7, 11) is 3.72. The van der Waals surface area contributed by atoms with Crippen LogP contribution in [0.5, 0.6) is 17.2 Å². The summed E-state index contributed by atoms with van der Waals surface area (Å²) >= 11 is 18.5. The Morgan fingerprint density at radius 3 is 1.29 bits per heavy atom. The van der Waals surface area contributed by atoms with Crippen molar-refractivity contribution in [2.45, 2.75) is 63.1 Å². The third kappa shape index (κ3) is 25.4. The molecule has 8 heterocycles.